The van der Waals surface area contributed by atoms with Crippen LogP contribution in [0.4, 0.5) is 23.2 Å². The van der Waals surface area contributed by atoms with E-state index >= 15 is 0 Å². The fourth-order valence-corrected chi connectivity index (χ4v) is 2.34. The van der Waals surface area contributed by atoms with Crippen LogP contribution in [0.2, 0.25) is 0 Å². The Bertz CT molecular complexity index is 537. The first-order valence-corrected chi connectivity index (χ1v) is 6.41. The van der Waals surface area contributed by atoms with Crippen molar-refractivity contribution in [3.63, 3.8) is 0 Å². The zero-order valence-electron chi connectivity index (χ0n) is 11.1. The van der Waals surface area contributed by atoms with Gasteiger partial charge in [-0.2, -0.15) is 13.2 Å². The summed E-state index contributed by atoms with van der Waals surface area (Å²) >= 11 is 0. The van der Waals surface area contributed by atoms with E-state index in [1.807, 2.05) is 0 Å². The van der Waals surface area contributed by atoms with Gasteiger partial charge in [0.15, 0.2) is 5.84 Å². The smallest absolute Gasteiger partial charge is 0.409 e. The zero-order valence-corrected chi connectivity index (χ0v) is 11.1. The molecule has 8 heteroatoms. The lowest BCUT2D eigenvalue weighted by Gasteiger charge is -2.32. The van der Waals surface area contributed by atoms with E-state index in [4.69, 9.17) is 10.9 Å². The lowest BCUT2D eigenvalue weighted by molar-refractivity contribution is -0.137. The molecule has 0 aromatic heterocycles. The number of hydrogen-bond acceptors (Lipinski definition) is 3. The molecule has 0 atom stereocenters. The molecule has 1 aliphatic rings. The summed E-state index contributed by atoms with van der Waals surface area (Å²) in [5.74, 6) is -0.394. The van der Waals surface area contributed by atoms with Crippen LogP contribution in [-0.2, 0) is 6.18 Å². The number of rotatable bonds is 2. The summed E-state index contributed by atoms with van der Waals surface area (Å²) < 4.78 is 52.7. The number of alkyl halides is 4. The maximum atomic E-state index is 13.2. The van der Waals surface area contributed by atoms with Crippen molar-refractivity contribution in [2.24, 2.45) is 10.9 Å². The molecule has 1 aliphatic heterocycles. The molecule has 3 N–H and O–H groups in total. The standard InChI is InChI=1S/C13H15F4N3O/c14-9-3-5-20(6-4-9)11-2-1-8(12(18)19-21)7-10(11)13(15,16)17/h1-2,7,9,21H,3-6H2,(H2,18,19). The van der Waals surface area contributed by atoms with Crippen molar-refractivity contribution in [3.05, 3.63) is 29.3 Å². The molecule has 0 saturated carbocycles. The summed E-state index contributed by atoms with van der Waals surface area (Å²) in [7, 11) is 0. The summed E-state index contributed by atoms with van der Waals surface area (Å²) in [6.07, 6.45) is -5.13. The van der Waals surface area contributed by atoms with E-state index in [9.17, 15) is 17.6 Å². The molecule has 1 saturated heterocycles. The second kappa shape index (κ2) is 5.79. The largest absolute Gasteiger partial charge is 0.418 e. The average Bonchev–Trinajstić information content (AvgIpc) is 2.46. The maximum absolute atomic E-state index is 13.2. The van der Waals surface area contributed by atoms with Crippen molar-refractivity contribution < 1.29 is 22.8 Å². The molecule has 0 aliphatic carbocycles. The number of nitrogens with two attached hydrogens (primary N) is 1. The number of benzene rings is 1. The summed E-state index contributed by atoms with van der Waals surface area (Å²) in [5, 5.41) is 11.3. The second-order valence-electron chi connectivity index (χ2n) is 4.88. The predicted octanol–water partition coefficient (Wildman–Crippen LogP) is 2.74. The SMILES string of the molecule is N/C(=N\O)c1ccc(N2CCC(F)CC2)c(C(F)(F)F)c1. The van der Waals surface area contributed by atoms with Crippen molar-refractivity contribution >= 4 is 11.5 Å². The lowest BCUT2D eigenvalue weighted by atomic mass is 10.0. The van der Waals surface area contributed by atoms with Crippen LogP contribution in [0.1, 0.15) is 24.0 Å². The molecule has 1 fully saturated rings. The maximum Gasteiger partial charge on any atom is 0.418 e. The zero-order chi connectivity index (χ0) is 15.6. The molecular formula is C13H15F4N3O. The van der Waals surface area contributed by atoms with Gasteiger partial charge in [-0.15, -0.1) is 0 Å². The Morgan fingerprint density at radius 1 is 1.29 bits per heavy atom. The third-order valence-electron chi connectivity index (χ3n) is 3.47. The summed E-state index contributed by atoms with van der Waals surface area (Å²) in [5.41, 5.74) is 4.42. The third-order valence-corrected chi connectivity index (χ3v) is 3.47. The number of hydrogen-bond donors (Lipinski definition) is 2. The first-order chi connectivity index (χ1) is 9.82. The first kappa shape index (κ1) is 15.4. The van der Waals surface area contributed by atoms with Crippen molar-refractivity contribution in [2.45, 2.75) is 25.2 Å². The monoisotopic (exact) mass is 305 g/mol. The van der Waals surface area contributed by atoms with Crippen LogP contribution in [0.25, 0.3) is 0 Å². The quantitative estimate of drug-likeness (QED) is 0.290. The van der Waals surface area contributed by atoms with Crippen molar-refractivity contribution in [1.82, 2.24) is 0 Å². The van der Waals surface area contributed by atoms with Crippen LogP contribution in [0.15, 0.2) is 23.4 Å². The molecule has 1 aromatic rings. The third kappa shape index (κ3) is 3.37. The highest BCUT2D eigenvalue weighted by Crippen LogP contribution is 2.38. The normalized spacial score (nSPS) is 18.1. The van der Waals surface area contributed by atoms with Crippen molar-refractivity contribution in [1.29, 1.82) is 0 Å². The number of halogens is 4. The van der Waals surface area contributed by atoms with Gasteiger partial charge in [0.05, 0.1) is 5.56 Å². The van der Waals surface area contributed by atoms with E-state index in [0.717, 1.165) is 6.07 Å². The average molecular weight is 305 g/mol. The van der Waals surface area contributed by atoms with E-state index < -0.39 is 23.7 Å². The predicted molar refractivity (Wildman–Crippen MR) is 70.3 cm³/mol. The van der Waals surface area contributed by atoms with Crippen molar-refractivity contribution in [3.8, 4) is 0 Å². The Labute approximate surface area is 118 Å². The highest BCUT2D eigenvalue weighted by molar-refractivity contribution is 5.97. The van der Waals surface area contributed by atoms with Gasteiger partial charge in [-0.25, -0.2) is 4.39 Å². The molecule has 4 nitrogen and oxygen atoms in total. The minimum atomic E-state index is -4.58. The molecule has 0 radical (unpaired) electrons. The molecule has 2 rings (SSSR count). The minimum Gasteiger partial charge on any atom is -0.409 e. The topological polar surface area (TPSA) is 61.9 Å². The lowest BCUT2D eigenvalue weighted by Crippen LogP contribution is -2.35. The number of amidine groups is 1. The van der Waals surface area contributed by atoms with E-state index in [0.29, 0.717) is 0 Å². The van der Waals surface area contributed by atoms with Gasteiger partial charge in [-0.3, -0.25) is 0 Å². The molecule has 116 valence electrons. The van der Waals surface area contributed by atoms with Gasteiger partial charge >= 0.3 is 6.18 Å². The van der Waals surface area contributed by atoms with Crippen LogP contribution < -0.4 is 10.6 Å². The molecule has 0 bridgehead atoms. The van der Waals surface area contributed by atoms with Gasteiger partial charge in [-0.05, 0) is 31.0 Å². The van der Waals surface area contributed by atoms with Crippen molar-refractivity contribution in [2.75, 3.05) is 18.0 Å². The van der Waals surface area contributed by atoms with Gasteiger partial charge in [0.25, 0.3) is 0 Å². The molecule has 21 heavy (non-hydrogen) atoms. The Morgan fingerprint density at radius 3 is 2.43 bits per heavy atom. The number of anilines is 1. The Morgan fingerprint density at radius 2 is 1.90 bits per heavy atom. The van der Waals surface area contributed by atoms with Gasteiger partial charge < -0.3 is 15.8 Å². The van der Waals surface area contributed by atoms with Crippen LogP contribution in [-0.4, -0.2) is 30.3 Å². The highest BCUT2D eigenvalue weighted by atomic mass is 19.4. The Balaban J connectivity index is 2.41. The first-order valence-electron chi connectivity index (χ1n) is 6.41. The summed E-state index contributed by atoms with van der Waals surface area (Å²) in [6, 6.07) is 3.46. The fraction of sp³-hybridized carbons (Fsp3) is 0.462. The van der Waals surface area contributed by atoms with E-state index in [1.165, 1.54) is 17.0 Å². The molecular weight excluding hydrogens is 290 g/mol. The number of nitrogens with zero attached hydrogens (tertiary/aromatic N) is 2. The Kier molecular flexibility index (Phi) is 4.24. The summed E-state index contributed by atoms with van der Waals surface area (Å²) in [4.78, 5) is 1.51. The Hall–Kier alpha value is -1.99. The highest BCUT2D eigenvalue weighted by Gasteiger charge is 2.36. The van der Waals surface area contributed by atoms with E-state index in [-0.39, 0.29) is 37.2 Å². The number of piperidine rings is 1. The molecule has 1 aromatic carbocycles. The van der Waals surface area contributed by atoms with Gasteiger partial charge in [0.1, 0.15) is 6.17 Å². The number of oxime groups is 1. The molecule has 0 spiro atoms. The van der Waals surface area contributed by atoms with Crippen LogP contribution >= 0.6 is 0 Å². The van der Waals surface area contributed by atoms with Gasteiger partial charge in [0.2, 0.25) is 0 Å². The molecule has 0 amide bonds. The van der Waals surface area contributed by atoms with Crippen LogP contribution in [0.3, 0.4) is 0 Å². The fourth-order valence-electron chi connectivity index (χ4n) is 2.34. The van der Waals surface area contributed by atoms with Gasteiger partial charge in [0, 0.05) is 24.3 Å². The van der Waals surface area contributed by atoms with Crippen LogP contribution in [0.5, 0.6) is 0 Å². The van der Waals surface area contributed by atoms with Crippen LogP contribution in [0, 0.1) is 0 Å². The van der Waals surface area contributed by atoms with E-state index in [2.05, 4.69) is 5.16 Å². The minimum absolute atomic E-state index is 0.0103. The summed E-state index contributed by atoms with van der Waals surface area (Å²) in [6.45, 7) is 0.459. The van der Waals surface area contributed by atoms with Gasteiger partial charge in [-0.1, -0.05) is 5.16 Å². The van der Waals surface area contributed by atoms with E-state index in [1.54, 1.807) is 0 Å². The molecule has 0 unspecified atom stereocenters. The second-order valence-corrected chi connectivity index (χ2v) is 4.88. The molecule has 1 heterocycles.